The number of rotatable bonds is 7. The highest BCUT2D eigenvalue weighted by atomic mass is 32.2. The second kappa shape index (κ2) is 8.63. The van der Waals surface area contributed by atoms with Gasteiger partial charge in [0.15, 0.2) is 18.6 Å². The second-order valence-corrected chi connectivity index (χ2v) is 15.7. The van der Waals surface area contributed by atoms with E-state index in [1.807, 2.05) is 6.92 Å². The number of thioether (sulfide) groups is 1. The highest BCUT2D eigenvalue weighted by Crippen LogP contribution is 2.36. The zero-order valence-corrected chi connectivity index (χ0v) is 19.9. The molecule has 0 bridgehead atoms. The van der Waals surface area contributed by atoms with Gasteiger partial charge in [0.2, 0.25) is 0 Å². The molecule has 0 unspecified atom stereocenters. The summed E-state index contributed by atoms with van der Waals surface area (Å²) < 4.78 is 6.17. The van der Waals surface area contributed by atoms with Crippen LogP contribution in [0.4, 0.5) is 5.13 Å². The molecule has 0 aliphatic carbocycles. The molecule has 1 saturated heterocycles. The third-order valence-electron chi connectivity index (χ3n) is 5.05. The van der Waals surface area contributed by atoms with Crippen LogP contribution in [0.2, 0.25) is 18.1 Å². The van der Waals surface area contributed by atoms with Crippen molar-refractivity contribution in [2.24, 2.45) is 0 Å². The number of thiazole rings is 1. The number of nitrogens with one attached hydrogen (secondary N) is 1. The second-order valence-electron chi connectivity index (χ2n) is 8.60. The van der Waals surface area contributed by atoms with Crippen molar-refractivity contribution in [1.82, 2.24) is 10.3 Å². The van der Waals surface area contributed by atoms with Crippen LogP contribution in [-0.2, 0) is 9.22 Å². The zero-order valence-electron chi connectivity index (χ0n) is 17.3. The molecule has 9 heteroatoms. The predicted molar refractivity (Wildman–Crippen MR) is 116 cm³/mol. The maximum absolute atomic E-state index is 12.5. The van der Waals surface area contributed by atoms with E-state index in [2.05, 4.69) is 49.1 Å². The quantitative estimate of drug-likeness (QED) is 0.666. The average molecular weight is 430 g/mol. The van der Waals surface area contributed by atoms with Crippen LogP contribution < -0.4 is 10.2 Å². The highest BCUT2D eigenvalue weighted by Gasteiger charge is 2.37. The Labute approximate surface area is 171 Å². The highest BCUT2D eigenvalue weighted by molar-refractivity contribution is 8.14. The van der Waals surface area contributed by atoms with Crippen LogP contribution in [0, 0.1) is 0 Å². The number of anilines is 1. The van der Waals surface area contributed by atoms with Crippen molar-refractivity contribution in [1.29, 1.82) is 0 Å². The lowest BCUT2D eigenvalue weighted by Crippen LogP contribution is -2.49. The Hall–Kier alpha value is -0.903. The van der Waals surface area contributed by atoms with Crippen LogP contribution >= 0.6 is 23.1 Å². The smallest absolute Gasteiger partial charge is 0.271 e. The topological polar surface area (TPSA) is 71.5 Å². The van der Waals surface area contributed by atoms with E-state index in [9.17, 15) is 9.59 Å². The van der Waals surface area contributed by atoms with Gasteiger partial charge in [-0.25, -0.2) is 4.98 Å². The Kier molecular flexibility index (Phi) is 7.15. The van der Waals surface area contributed by atoms with Gasteiger partial charge in [0.1, 0.15) is 5.69 Å². The number of nitrogens with zero attached hydrogens (tertiary/aromatic N) is 2. The lowest BCUT2D eigenvalue weighted by Gasteiger charge is -2.37. The van der Waals surface area contributed by atoms with Crippen LogP contribution in [0.3, 0.4) is 0 Å². The first-order chi connectivity index (χ1) is 12.4. The molecule has 0 radical (unpaired) electrons. The largest absolute Gasteiger partial charge is 0.415 e. The Morgan fingerprint density at radius 1 is 1.44 bits per heavy atom. The number of hydrogen-bond acceptors (Lipinski definition) is 7. The van der Waals surface area contributed by atoms with Crippen LogP contribution in [0.15, 0.2) is 5.38 Å². The maximum atomic E-state index is 12.5. The van der Waals surface area contributed by atoms with Crippen LogP contribution in [0.25, 0.3) is 0 Å². The van der Waals surface area contributed by atoms with Crippen LogP contribution in [0.1, 0.15) is 45.1 Å². The number of carbonyl (C=O) groups excluding carboxylic acids is 2. The van der Waals surface area contributed by atoms with Gasteiger partial charge in [0.05, 0.1) is 6.61 Å². The molecule has 0 spiro atoms. The molecular weight excluding hydrogens is 398 g/mol. The van der Waals surface area contributed by atoms with Crippen molar-refractivity contribution in [3.63, 3.8) is 0 Å². The standard InChI is InChI=1S/C18H31N3O3S2Si/c1-12(10-24-27(6,7)18(3,4)5)19-16(23)15-11-25-17(20-15)21-8-14(9-21)26-13(2)22/h11-12,14H,8-10H2,1-7H3,(H,19,23)/t12-/m0/s1. The van der Waals surface area contributed by atoms with E-state index in [0.29, 0.717) is 17.6 Å². The van der Waals surface area contributed by atoms with Crippen molar-refractivity contribution in [3.05, 3.63) is 11.1 Å². The Morgan fingerprint density at radius 2 is 2.07 bits per heavy atom. The van der Waals surface area contributed by atoms with Gasteiger partial charge in [-0.2, -0.15) is 0 Å². The lowest BCUT2D eigenvalue weighted by atomic mass is 10.2. The number of aromatic nitrogens is 1. The fourth-order valence-corrected chi connectivity index (χ4v) is 5.21. The fraction of sp³-hybridized carbons (Fsp3) is 0.722. The average Bonchev–Trinajstić information content (AvgIpc) is 2.96. The van der Waals surface area contributed by atoms with Crippen molar-refractivity contribution in [2.45, 2.75) is 64.0 Å². The van der Waals surface area contributed by atoms with E-state index in [4.69, 9.17) is 4.43 Å². The molecule has 1 N–H and O–H groups in total. The number of amides is 1. The third-order valence-corrected chi connectivity index (χ3v) is 11.4. The van der Waals surface area contributed by atoms with Crippen molar-refractivity contribution in [2.75, 3.05) is 24.6 Å². The minimum absolute atomic E-state index is 0.0721. The minimum atomic E-state index is -1.82. The first-order valence-corrected chi connectivity index (χ1v) is 13.9. The first kappa shape index (κ1) is 22.4. The lowest BCUT2D eigenvalue weighted by molar-refractivity contribution is -0.109. The summed E-state index contributed by atoms with van der Waals surface area (Å²) in [7, 11) is -1.82. The molecule has 1 amide bonds. The molecule has 6 nitrogen and oxygen atoms in total. The van der Waals surface area contributed by atoms with Gasteiger partial charge in [-0.05, 0) is 25.1 Å². The van der Waals surface area contributed by atoms with E-state index in [1.165, 1.54) is 23.1 Å². The van der Waals surface area contributed by atoms with Crippen LogP contribution in [0.5, 0.6) is 0 Å². The van der Waals surface area contributed by atoms with Crippen LogP contribution in [-0.4, -0.2) is 55.3 Å². The van der Waals surface area contributed by atoms with Crippen molar-refractivity contribution in [3.8, 4) is 0 Å². The summed E-state index contributed by atoms with van der Waals surface area (Å²) >= 11 is 2.84. The molecule has 2 rings (SSSR count). The summed E-state index contributed by atoms with van der Waals surface area (Å²) in [6.45, 7) is 16.7. The summed E-state index contributed by atoms with van der Waals surface area (Å²) in [5, 5.41) is 6.23. The predicted octanol–water partition coefficient (Wildman–Crippen LogP) is 3.75. The molecule has 0 saturated carbocycles. The summed E-state index contributed by atoms with van der Waals surface area (Å²) in [4.78, 5) is 30.1. The Balaban J connectivity index is 1.81. The Bertz CT molecular complexity index is 682. The molecule has 0 aromatic carbocycles. The van der Waals surface area contributed by atoms with Gasteiger partial charge in [-0.1, -0.05) is 32.5 Å². The molecule has 152 valence electrons. The Morgan fingerprint density at radius 3 is 2.63 bits per heavy atom. The van der Waals surface area contributed by atoms with Gasteiger partial charge >= 0.3 is 0 Å². The molecule has 2 heterocycles. The van der Waals surface area contributed by atoms with Gasteiger partial charge in [0.25, 0.3) is 5.91 Å². The number of hydrogen-bond donors (Lipinski definition) is 1. The first-order valence-electron chi connectivity index (χ1n) is 9.21. The maximum Gasteiger partial charge on any atom is 0.271 e. The molecule has 1 aliphatic heterocycles. The summed E-state index contributed by atoms with van der Waals surface area (Å²) in [5.74, 6) is -0.168. The van der Waals surface area contributed by atoms with E-state index in [1.54, 1.807) is 12.3 Å². The summed E-state index contributed by atoms with van der Waals surface area (Å²) in [6.07, 6.45) is 0. The van der Waals surface area contributed by atoms with E-state index in [0.717, 1.165) is 18.2 Å². The normalized spacial score (nSPS) is 16.8. The molecule has 1 aromatic rings. The minimum Gasteiger partial charge on any atom is -0.415 e. The monoisotopic (exact) mass is 429 g/mol. The molecule has 1 atom stereocenters. The van der Waals surface area contributed by atoms with Gasteiger partial charge in [0, 0.05) is 36.7 Å². The van der Waals surface area contributed by atoms with Gasteiger partial charge < -0.3 is 14.6 Å². The molecule has 1 fully saturated rings. The van der Waals surface area contributed by atoms with E-state index in [-0.39, 0.29) is 22.1 Å². The van der Waals surface area contributed by atoms with Crippen molar-refractivity contribution >= 4 is 47.6 Å². The van der Waals surface area contributed by atoms with Gasteiger partial charge in [-0.3, -0.25) is 9.59 Å². The van der Waals surface area contributed by atoms with Crippen molar-refractivity contribution < 1.29 is 14.0 Å². The van der Waals surface area contributed by atoms with E-state index < -0.39 is 8.32 Å². The summed E-state index contributed by atoms with van der Waals surface area (Å²) in [5.41, 5.74) is 0.442. The number of carbonyl (C=O) groups is 2. The SMILES string of the molecule is CC(=O)SC1CN(c2nc(C(=O)N[C@@H](C)CO[Si](C)(C)C(C)(C)C)cs2)C1. The fourth-order valence-electron chi connectivity index (χ4n) is 2.31. The molecular formula is C18H31N3O3S2Si. The van der Waals surface area contributed by atoms with E-state index >= 15 is 0 Å². The molecule has 1 aromatic heterocycles. The molecule has 1 aliphatic rings. The van der Waals surface area contributed by atoms with Gasteiger partial charge in [-0.15, -0.1) is 11.3 Å². The zero-order chi connectivity index (χ0) is 20.4. The summed E-state index contributed by atoms with van der Waals surface area (Å²) in [6, 6.07) is -0.0721. The molecule has 27 heavy (non-hydrogen) atoms. The third kappa shape index (κ3) is 6.04.